The molecule has 0 bridgehead atoms. The van der Waals surface area contributed by atoms with Crippen molar-refractivity contribution in [1.82, 2.24) is 5.32 Å². The molecule has 0 amide bonds. The molecule has 0 radical (unpaired) electrons. The molecule has 1 aromatic carbocycles. The third kappa shape index (κ3) is 3.19. The minimum absolute atomic E-state index is 0.416. The van der Waals surface area contributed by atoms with Crippen LogP contribution < -0.4 is 5.32 Å². The Labute approximate surface area is 105 Å². The summed E-state index contributed by atoms with van der Waals surface area (Å²) in [7, 11) is 0. The highest BCUT2D eigenvalue weighted by Crippen LogP contribution is 2.24. The monoisotopic (exact) mass is 229 g/mol. The first-order chi connectivity index (χ1) is 8.16. The van der Waals surface area contributed by atoms with Crippen LogP contribution in [0.5, 0.6) is 0 Å². The number of hydrogen-bond donors (Lipinski definition) is 1. The molecule has 0 aliphatic heterocycles. The predicted octanol–water partition coefficient (Wildman–Crippen LogP) is 3.79. The van der Waals surface area contributed by atoms with E-state index in [1.54, 1.807) is 11.1 Å². The van der Waals surface area contributed by atoms with Crippen LogP contribution in [0.4, 0.5) is 0 Å². The molecule has 0 aromatic heterocycles. The Morgan fingerprint density at radius 1 is 1.29 bits per heavy atom. The minimum atomic E-state index is 0.416. The smallest absolute Gasteiger partial charge is 0.0294 e. The van der Waals surface area contributed by atoms with Crippen LogP contribution in [0.1, 0.15) is 49.4 Å². The van der Waals surface area contributed by atoms with E-state index in [9.17, 15) is 0 Å². The summed E-state index contributed by atoms with van der Waals surface area (Å²) in [6, 6.07) is 7.41. The molecule has 1 aliphatic carbocycles. The van der Waals surface area contributed by atoms with Gasteiger partial charge in [0.1, 0.15) is 0 Å². The Bertz CT molecular complexity index is 406. The Morgan fingerprint density at radius 2 is 2.00 bits per heavy atom. The van der Waals surface area contributed by atoms with Gasteiger partial charge in [-0.3, -0.25) is 0 Å². The molecular formula is C16H23N. The first-order valence-electron chi connectivity index (χ1n) is 6.66. The average Bonchev–Trinajstić information content (AvgIpc) is 2.35. The van der Waals surface area contributed by atoms with E-state index in [2.05, 4.69) is 43.9 Å². The largest absolute Gasteiger partial charge is 0.306 e. The second kappa shape index (κ2) is 5.50. The van der Waals surface area contributed by atoms with Crippen molar-refractivity contribution in [3.8, 4) is 0 Å². The molecule has 0 saturated heterocycles. The lowest BCUT2D eigenvalue weighted by Crippen LogP contribution is -2.20. The predicted molar refractivity (Wildman–Crippen MR) is 74.3 cm³/mol. The van der Waals surface area contributed by atoms with E-state index >= 15 is 0 Å². The van der Waals surface area contributed by atoms with Crippen molar-refractivity contribution in [3.05, 3.63) is 47.0 Å². The summed E-state index contributed by atoms with van der Waals surface area (Å²) in [4.78, 5) is 0. The molecule has 0 heterocycles. The zero-order valence-corrected chi connectivity index (χ0v) is 11.1. The van der Waals surface area contributed by atoms with Gasteiger partial charge >= 0.3 is 0 Å². The number of fused-ring (bicyclic) bond motifs is 1. The van der Waals surface area contributed by atoms with E-state index in [-0.39, 0.29) is 0 Å². The van der Waals surface area contributed by atoms with E-state index in [1.165, 1.54) is 36.8 Å². The van der Waals surface area contributed by atoms with Gasteiger partial charge in [0.25, 0.3) is 0 Å². The number of benzene rings is 1. The molecule has 0 saturated carbocycles. The fraction of sp³-hybridized carbons (Fsp3) is 0.500. The Kier molecular flexibility index (Phi) is 4.01. The standard InChI is InChI=1S/C16H23N/c1-12(2)11-17-13(3)15-9-8-14-6-4-5-7-16(14)10-15/h8-10,13,17H,1,4-7,11H2,2-3H3. The van der Waals surface area contributed by atoms with Gasteiger partial charge in [-0.2, -0.15) is 0 Å². The maximum absolute atomic E-state index is 3.93. The Balaban J connectivity index is 2.08. The van der Waals surface area contributed by atoms with E-state index in [1.807, 2.05) is 0 Å². The zero-order chi connectivity index (χ0) is 12.3. The SMILES string of the molecule is C=C(C)CNC(C)c1ccc2c(c1)CCCC2. The molecule has 1 aromatic rings. The average molecular weight is 229 g/mol. The van der Waals surface area contributed by atoms with Crippen molar-refractivity contribution in [2.24, 2.45) is 0 Å². The highest BCUT2D eigenvalue weighted by atomic mass is 14.9. The molecule has 92 valence electrons. The van der Waals surface area contributed by atoms with Gasteiger partial charge in [0, 0.05) is 12.6 Å². The summed E-state index contributed by atoms with van der Waals surface area (Å²) in [5.74, 6) is 0. The Hall–Kier alpha value is -1.08. The number of aryl methyl sites for hydroxylation is 2. The third-order valence-electron chi connectivity index (χ3n) is 3.58. The number of rotatable bonds is 4. The molecule has 1 atom stereocenters. The van der Waals surface area contributed by atoms with Crippen LogP contribution in [0.2, 0.25) is 0 Å². The summed E-state index contributed by atoms with van der Waals surface area (Å²) in [6.07, 6.45) is 5.24. The van der Waals surface area contributed by atoms with Crippen LogP contribution in [0.3, 0.4) is 0 Å². The second-order valence-electron chi connectivity index (χ2n) is 5.29. The molecule has 1 nitrogen and oxygen atoms in total. The maximum Gasteiger partial charge on any atom is 0.0294 e. The number of hydrogen-bond acceptors (Lipinski definition) is 1. The van der Waals surface area contributed by atoms with Gasteiger partial charge in [0.15, 0.2) is 0 Å². The molecule has 1 aliphatic rings. The quantitative estimate of drug-likeness (QED) is 0.775. The van der Waals surface area contributed by atoms with Crippen molar-refractivity contribution in [2.75, 3.05) is 6.54 Å². The van der Waals surface area contributed by atoms with Gasteiger partial charge in [0.05, 0.1) is 0 Å². The van der Waals surface area contributed by atoms with Crippen LogP contribution in [0.15, 0.2) is 30.4 Å². The summed E-state index contributed by atoms with van der Waals surface area (Å²) in [5.41, 5.74) is 5.73. The minimum Gasteiger partial charge on any atom is -0.306 e. The van der Waals surface area contributed by atoms with Crippen LogP contribution >= 0.6 is 0 Å². The molecular weight excluding hydrogens is 206 g/mol. The lowest BCUT2D eigenvalue weighted by molar-refractivity contribution is 0.603. The number of nitrogens with one attached hydrogen (secondary N) is 1. The Morgan fingerprint density at radius 3 is 2.71 bits per heavy atom. The highest BCUT2D eigenvalue weighted by Gasteiger charge is 2.11. The van der Waals surface area contributed by atoms with Crippen molar-refractivity contribution in [2.45, 2.75) is 45.6 Å². The highest BCUT2D eigenvalue weighted by molar-refractivity contribution is 5.35. The molecule has 1 N–H and O–H groups in total. The molecule has 1 unspecified atom stereocenters. The van der Waals surface area contributed by atoms with Crippen molar-refractivity contribution in [1.29, 1.82) is 0 Å². The molecule has 2 rings (SSSR count). The lowest BCUT2D eigenvalue weighted by atomic mass is 9.89. The second-order valence-corrected chi connectivity index (χ2v) is 5.29. The first kappa shape index (κ1) is 12.4. The lowest BCUT2D eigenvalue weighted by Gasteiger charge is -2.20. The zero-order valence-electron chi connectivity index (χ0n) is 11.1. The fourth-order valence-corrected chi connectivity index (χ4v) is 2.47. The van der Waals surface area contributed by atoms with Crippen molar-refractivity contribution < 1.29 is 0 Å². The summed E-state index contributed by atoms with van der Waals surface area (Å²) in [5, 5.41) is 3.51. The molecule has 0 fully saturated rings. The van der Waals surface area contributed by atoms with Crippen LogP contribution in [-0.4, -0.2) is 6.54 Å². The molecule has 0 spiro atoms. The molecule has 17 heavy (non-hydrogen) atoms. The van der Waals surface area contributed by atoms with Crippen LogP contribution in [0, 0.1) is 0 Å². The van der Waals surface area contributed by atoms with E-state index < -0.39 is 0 Å². The van der Waals surface area contributed by atoms with E-state index in [0.29, 0.717) is 6.04 Å². The normalized spacial score (nSPS) is 16.4. The van der Waals surface area contributed by atoms with E-state index in [0.717, 1.165) is 6.54 Å². The fourth-order valence-electron chi connectivity index (χ4n) is 2.47. The first-order valence-corrected chi connectivity index (χ1v) is 6.66. The van der Waals surface area contributed by atoms with Gasteiger partial charge in [0.2, 0.25) is 0 Å². The van der Waals surface area contributed by atoms with Gasteiger partial charge in [-0.1, -0.05) is 30.4 Å². The summed E-state index contributed by atoms with van der Waals surface area (Å²) < 4.78 is 0. The van der Waals surface area contributed by atoms with E-state index in [4.69, 9.17) is 0 Å². The van der Waals surface area contributed by atoms with Gasteiger partial charge in [-0.25, -0.2) is 0 Å². The van der Waals surface area contributed by atoms with Gasteiger partial charge < -0.3 is 5.32 Å². The maximum atomic E-state index is 3.93. The summed E-state index contributed by atoms with van der Waals surface area (Å²) in [6.45, 7) is 9.12. The van der Waals surface area contributed by atoms with Crippen LogP contribution in [0.25, 0.3) is 0 Å². The van der Waals surface area contributed by atoms with Crippen LogP contribution in [-0.2, 0) is 12.8 Å². The summed E-state index contributed by atoms with van der Waals surface area (Å²) >= 11 is 0. The van der Waals surface area contributed by atoms with Gasteiger partial charge in [-0.05, 0) is 56.2 Å². The third-order valence-corrected chi connectivity index (χ3v) is 3.58. The van der Waals surface area contributed by atoms with Crippen molar-refractivity contribution in [3.63, 3.8) is 0 Å². The topological polar surface area (TPSA) is 12.0 Å². The van der Waals surface area contributed by atoms with Gasteiger partial charge in [-0.15, -0.1) is 0 Å². The van der Waals surface area contributed by atoms with Crippen molar-refractivity contribution >= 4 is 0 Å². The molecule has 1 heteroatoms.